The van der Waals surface area contributed by atoms with Gasteiger partial charge in [-0.1, -0.05) is 49.6 Å². The van der Waals surface area contributed by atoms with Crippen molar-refractivity contribution in [2.45, 2.75) is 6.61 Å². The van der Waals surface area contributed by atoms with E-state index in [4.69, 9.17) is 10.5 Å². The molecule has 0 aliphatic carbocycles. The molecule has 0 saturated carbocycles. The van der Waals surface area contributed by atoms with Gasteiger partial charge in [-0.2, -0.15) is 0 Å². The maximum atomic E-state index is 5.90. The molecule has 3 nitrogen and oxygen atoms in total. The minimum atomic E-state index is 0.523. The molecular formula is C17H18N2O. The van der Waals surface area contributed by atoms with Gasteiger partial charge in [-0.3, -0.25) is 0 Å². The molecule has 0 aliphatic heterocycles. The molecule has 0 atom stereocenters. The number of nitrogen functional groups attached to an aromatic ring is 1. The maximum absolute atomic E-state index is 5.90. The van der Waals surface area contributed by atoms with Gasteiger partial charge in [0.25, 0.3) is 0 Å². The molecular weight excluding hydrogens is 248 g/mol. The average Bonchev–Trinajstić information content (AvgIpc) is 2.48. The van der Waals surface area contributed by atoms with Crippen LogP contribution in [0.4, 0.5) is 11.4 Å². The molecule has 2 aromatic rings. The quantitative estimate of drug-likeness (QED) is 0.613. The molecule has 102 valence electrons. The summed E-state index contributed by atoms with van der Waals surface area (Å²) >= 11 is 0. The number of nitrogens with one attached hydrogen (secondary N) is 1. The highest BCUT2D eigenvalue weighted by Gasteiger charge is 2.02. The maximum Gasteiger partial charge on any atom is 0.112 e. The summed E-state index contributed by atoms with van der Waals surface area (Å²) in [7, 11) is 0. The highest BCUT2D eigenvalue weighted by molar-refractivity contribution is 5.80. The SMILES string of the molecule is C=COCc1ccc(C(=C)Nc2ccccc2N)cc1. The van der Waals surface area contributed by atoms with Gasteiger partial charge in [0.05, 0.1) is 17.6 Å². The number of hydrogen-bond acceptors (Lipinski definition) is 3. The first kappa shape index (κ1) is 13.7. The van der Waals surface area contributed by atoms with Crippen LogP contribution in [0.3, 0.4) is 0 Å². The van der Waals surface area contributed by atoms with E-state index in [-0.39, 0.29) is 0 Å². The van der Waals surface area contributed by atoms with E-state index >= 15 is 0 Å². The smallest absolute Gasteiger partial charge is 0.112 e. The van der Waals surface area contributed by atoms with Crippen molar-refractivity contribution in [2.75, 3.05) is 11.1 Å². The molecule has 0 radical (unpaired) electrons. The molecule has 0 unspecified atom stereocenters. The van der Waals surface area contributed by atoms with Crippen LogP contribution < -0.4 is 11.1 Å². The Bertz CT molecular complexity index is 603. The zero-order valence-corrected chi connectivity index (χ0v) is 11.3. The number of rotatable bonds is 6. The Kier molecular flexibility index (Phi) is 4.45. The fraction of sp³-hybridized carbons (Fsp3) is 0.0588. The first-order valence-electron chi connectivity index (χ1n) is 6.33. The number of benzene rings is 2. The van der Waals surface area contributed by atoms with Gasteiger partial charge in [0, 0.05) is 5.70 Å². The summed E-state index contributed by atoms with van der Waals surface area (Å²) in [6, 6.07) is 15.6. The minimum Gasteiger partial charge on any atom is -0.497 e. The second-order valence-electron chi connectivity index (χ2n) is 4.37. The lowest BCUT2D eigenvalue weighted by molar-refractivity contribution is 0.237. The molecule has 3 N–H and O–H groups in total. The van der Waals surface area contributed by atoms with Gasteiger partial charge in [0.2, 0.25) is 0 Å². The first-order valence-corrected chi connectivity index (χ1v) is 6.33. The third-order valence-electron chi connectivity index (χ3n) is 2.92. The Morgan fingerprint density at radius 2 is 1.85 bits per heavy atom. The molecule has 0 saturated heterocycles. The van der Waals surface area contributed by atoms with Crippen molar-refractivity contribution in [3.63, 3.8) is 0 Å². The average molecular weight is 266 g/mol. The van der Waals surface area contributed by atoms with Crippen LogP contribution in [-0.2, 0) is 11.3 Å². The van der Waals surface area contributed by atoms with Crippen molar-refractivity contribution >= 4 is 17.1 Å². The van der Waals surface area contributed by atoms with Gasteiger partial charge in [-0.05, 0) is 23.3 Å². The van der Waals surface area contributed by atoms with Crippen LogP contribution >= 0.6 is 0 Å². The third-order valence-corrected chi connectivity index (χ3v) is 2.92. The van der Waals surface area contributed by atoms with Crippen molar-refractivity contribution in [1.82, 2.24) is 0 Å². The summed E-state index contributed by atoms with van der Waals surface area (Å²) in [4.78, 5) is 0. The fourth-order valence-corrected chi connectivity index (χ4v) is 1.80. The van der Waals surface area contributed by atoms with Crippen molar-refractivity contribution in [3.8, 4) is 0 Å². The third kappa shape index (κ3) is 3.42. The second kappa shape index (κ2) is 6.48. The van der Waals surface area contributed by atoms with Gasteiger partial charge in [-0.15, -0.1) is 0 Å². The van der Waals surface area contributed by atoms with Crippen molar-refractivity contribution in [1.29, 1.82) is 0 Å². The summed E-state index contributed by atoms with van der Waals surface area (Å²) in [5.41, 5.74) is 10.4. The zero-order chi connectivity index (χ0) is 14.4. The summed E-state index contributed by atoms with van der Waals surface area (Å²) in [6.45, 7) is 8.08. The Morgan fingerprint density at radius 3 is 2.50 bits per heavy atom. The fourth-order valence-electron chi connectivity index (χ4n) is 1.80. The van der Waals surface area contributed by atoms with Gasteiger partial charge in [-0.25, -0.2) is 0 Å². The zero-order valence-electron chi connectivity index (χ0n) is 11.3. The Morgan fingerprint density at radius 1 is 1.15 bits per heavy atom. The molecule has 0 aliphatic rings. The van der Waals surface area contributed by atoms with Crippen LogP contribution in [0.15, 0.2) is 68.0 Å². The van der Waals surface area contributed by atoms with Crippen molar-refractivity contribution < 1.29 is 4.74 Å². The second-order valence-corrected chi connectivity index (χ2v) is 4.37. The van der Waals surface area contributed by atoms with Crippen LogP contribution in [0.25, 0.3) is 5.70 Å². The van der Waals surface area contributed by atoms with E-state index in [0.29, 0.717) is 12.3 Å². The molecule has 0 spiro atoms. The highest BCUT2D eigenvalue weighted by atomic mass is 16.5. The molecule has 3 heteroatoms. The van der Waals surface area contributed by atoms with Gasteiger partial charge in [0.1, 0.15) is 6.61 Å². The number of hydrogen-bond donors (Lipinski definition) is 2. The number of anilines is 2. The van der Waals surface area contributed by atoms with E-state index in [1.807, 2.05) is 48.5 Å². The van der Waals surface area contributed by atoms with Gasteiger partial charge >= 0.3 is 0 Å². The minimum absolute atomic E-state index is 0.523. The van der Waals surface area contributed by atoms with Gasteiger partial charge < -0.3 is 15.8 Å². The van der Waals surface area contributed by atoms with Crippen LogP contribution in [0.2, 0.25) is 0 Å². The lowest BCUT2D eigenvalue weighted by atomic mass is 10.1. The lowest BCUT2D eigenvalue weighted by Crippen LogP contribution is -2.00. The van der Waals surface area contributed by atoms with Crippen LogP contribution in [0, 0.1) is 0 Å². The first-order chi connectivity index (χ1) is 9.70. The monoisotopic (exact) mass is 266 g/mol. The van der Waals surface area contributed by atoms with Crippen LogP contribution in [-0.4, -0.2) is 0 Å². The van der Waals surface area contributed by atoms with E-state index in [0.717, 1.165) is 22.5 Å². The molecule has 20 heavy (non-hydrogen) atoms. The van der Waals surface area contributed by atoms with E-state index in [1.54, 1.807) is 0 Å². The van der Waals surface area contributed by atoms with E-state index in [2.05, 4.69) is 18.5 Å². The summed E-state index contributed by atoms with van der Waals surface area (Å²) < 4.78 is 5.14. The number of nitrogens with two attached hydrogens (primary N) is 1. The normalized spacial score (nSPS) is 9.80. The number of ether oxygens (including phenoxy) is 1. The molecule has 0 fully saturated rings. The molecule has 0 amide bonds. The molecule has 2 aromatic carbocycles. The molecule has 0 heterocycles. The lowest BCUT2D eigenvalue weighted by Gasteiger charge is -2.12. The van der Waals surface area contributed by atoms with E-state index in [1.165, 1.54) is 6.26 Å². The topological polar surface area (TPSA) is 47.3 Å². The Labute approximate surface area is 119 Å². The molecule has 2 rings (SSSR count). The van der Waals surface area contributed by atoms with Crippen LogP contribution in [0.5, 0.6) is 0 Å². The summed E-state index contributed by atoms with van der Waals surface area (Å²) in [5.74, 6) is 0. The number of para-hydroxylation sites is 2. The largest absolute Gasteiger partial charge is 0.497 e. The predicted octanol–water partition coefficient (Wildman–Crippen LogP) is 4.01. The summed E-state index contributed by atoms with van der Waals surface area (Å²) in [6.07, 6.45) is 1.44. The van der Waals surface area contributed by atoms with E-state index < -0.39 is 0 Å². The Balaban J connectivity index is 2.06. The molecule has 0 aromatic heterocycles. The van der Waals surface area contributed by atoms with Crippen LogP contribution in [0.1, 0.15) is 11.1 Å². The van der Waals surface area contributed by atoms with Gasteiger partial charge in [0.15, 0.2) is 0 Å². The van der Waals surface area contributed by atoms with E-state index in [9.17, 15) is 0 Å². The van der Waals surface area contributed by atoms with Crippen molar-refractivity contribution in [2.24, 2.45) is 0 Å². The predicted molar refractivity (Wildman–Crippen MR) is 84.9 cm³/mol. The Hall–Kier alpha value is -2.68. The standard InChI is InChI=1S/C17H18N2O/c1-3-20-12-14-8-10-15(11-9-14)13(2)19-17-7-5-4-6-16(17)18/h3-11,19H,1-2,12,18H2. The highest BCUT2D eigenvalue weighted by Crippen LogP contribution is 2.22. The summed E-state index contributed by atoms with van der Waals surface area (Å²) in [5, 5.41) is 3.22. The van der Waals surface area contributed by atoms with Crippen molar-refractivity contribution in [3.05, 3.63) is 79.1 Å². The molecule has 0 bridgehead atoms.